The van der Waals surface area contributed by atoms with Crippen molar-refractivity contribution in [1.29, 1.82) is 15.8 Å². The molecule has 3 aromatic heterocycles. The summed E-state index contributed by atoms with van der Waals surface area (Å²) in [6.45, 7) is 14.5. The Balaban J connectivity index is 0.000000157. The van der Waals surface area contributed by atoms with Crippen molar-refractivity contribution in [2.75, 3.05) is 78.9 Å². The third kappa shape index (κ3) is 16.0. The van der Waals surface area contributed by atoms with Crippen molar-refractivity contribution >= 4 is 82.6 Å². The summed E-state index contributed by atoms with van der Waals surface area (Å²) in [6.07, 6.45) is 2.95. The first-order chi connectivity index (χ1) is 45.1. The number of benzene rings is 3. The molecule has 96 heavy (non-hydrogen) atoms. The van der Waals surface area contributed by atoms with Gasteiger partial charge in [-0.3, -0.25) is 14.4 Å². The number of H-pyrrole nitrogens is 3. The van der Waals surface area contributed by atoms with Crippen LogP contribution in [0, 0.1) is 71.0 Å². The largest absolute Gasteiger partial charge is 0.379 e. The van der Waals surface area contributed by atoms with E-state index < -0.39 is 62.9 Å². The normalized spacial score (nSPS) is 22.4. The average Bonchev–Trinajstić information content (AvgIpc) is 1.76. The third-order valence-electron chi connectivity index (χ3n) is 18.2. The van der Waals surface area contributed by atoms with Crippen LogP contribution in [0.5, 0.6) is 0 Å². The van der Waals surface area contributed by atoms with Crippen LogP contribution < -0.4 is 14.2 Å². The van der Waals surface area contributed by atoms with Crippen LogP contribution >= 0.6 is 34.8 Å². The number of rotatable bonds is 18. The maximum atomic E-state index is 13.2. The number of likely N-dealkylation sites (tertiary alicyclic amines) is 3. The smallest absolute Gasteiger partial charge is 0.256 e. The fourth-order valence-corrected chi connectivity index (χ4v) is 17.6. The number of hydrogen-bond donors (Lipinski definition) is 6. The second-order valence-electron chi connectivity index (χ2n) is 27.0. The van der Waals surface area contributed by atoms with Gasteiger partial charge in [0.15, 0.2) is 0 Å². The maximum Gasteiger partial charge on any atom is 0.256 e. The Hall–Kier alpha value is -7.14. The molecule has 24 nitrogen and oxygen atoms in total. The highest BCUT2D eigenvalue weighted by Crippen LogP contribution is 2.36. The maximum absolute atomic E-state index is 13.2. The zero-order valence-corrected chi connectivity index (χ0v) is 58.5. The molecule has 6 aromatic rings. The van der Waals surface area contributed by atoms with Gasteiger partial charge in [0.25, 0.3) is 47.8 Å². The Morgan fingerprint density at radius 2 is 0.677 bits per heavy atom. The van der Waals surface area contributed by atoms with E-state index in [0.29, 0.717) is 146 Å². The molecule has 0 aliphatic carbocycles. The number of aromatic nitrogens is 3. The van der Waals surface area contributed by atoms with Crippen LogP contribution in [0.1, 0.15) is 105 Å². The van der Waals surface area contributed by atoms with Gasteiger partial charge in [-0.25, -0.2) is 39.4 Å². The molecular weight excluding hydrogens is 1360 g/mol. The molecule has 6 aliphatic heterocycles. The number of hydrogen-bond acceptors (Lipinski definition) is 15. The minimum Gasteiger partial charge on any atom is -0.379 e. The van der Waals surface area contributed by atoms with Crippen molar-refractivity contribution in [3.63, 3.8) is 0 Å². The number of carbonyl (C=O) groups excluding carboxylic acids is 3. The molecule has 0 bridgehead atoms. The molecule has 3 amide bonds. The predicted octanol–water partition coefficient (Wildman–Crippen LogP) is 7.93. The van der Waals surface area contributed by atoms with E-state index in [1.54, 1.807) is 92.6 Å². The molecule has 12 rings (SSSR count). The van der Waals surface area contributed by atoms with Crippen molar-refractivity contribution in [3.05, 3.63) is 157 Å². The summed E-state index contributed by atoms with van der Waals surface area (Å²) < 4.78 is 105. The second kappa shape index (κ2) is 27.6. The monoisotopic (exact) mass is 1430 g/mol. The molecule has 9 heterocycles. The Bertz CT molecular complexity index is 3960. The van der Waals surface area contributed by atoms with Gasteiger partial charge in [-0.05, 0) is 151 Å². The van der Waals surface area contributed by atoms with E-state index in [1.807, 2.05) is 36.4 Å². The number of aromatic amines is 3. The highest BCUT2D eigenvalue weighted by atomic mass is 35.5. The summed E-state index contributed by atoms with van der Waals surface area (Å²) in [5.41, 5.74) is 1.09. The molecule has 3 aromatic carbocycles. The Kier molecular flexibility index (Phi) is 20.6. The van der Waals surface area contributed by atoms with E-state index in [2.05, 4.69) is 47.3 Å². The van der Waals surface area contributed by atoms with Crippen LogP contribution in [-0.4, -0.2) is 168 Å². The molecular formula is C66H75Cl3N12O12S3. The van der Waals surface area contributed by atoms with Crippen LogP contribution in [0.15, 0.2) is 106 Å². The predicted molar refractivity (Wildman–Crippen MR) is 356 cm³/mol. The van der Waals surface area contributed by atoms with Crippen LogP contribution in [0.4, 0.5) is 0 Å². The Morgan fingerprint density at radius 3 is 0.875 bits per heavy atom. The van der Waals surface area contributed by atoms with E-state index in [-0.39, 0.29) is 52.6 Å². The molecule has 510 valence electrons. The van der Waals surface area contributed by atoms with Crippen LogP contribution in [0.25, 0.3) is 0 Å². The van der Waals surface area contributed by atoms with E-state index in [1.165, 1.54) is 18.2 Å². The zero-order chi connectivity index (χ0) is 69.4. The van der Waals surface area contributed by atoms with Crippen LogP contribution in [0.2, 0.25) is 15.1 Å². The Morgan fingerprint density at radius 1 is 0.448 bits per heavy atom. The van der Waals surface area contributed by atoms with Crippen molar-refractivity contribution in [2.24, 2.45) is 16.2 Å². The standard InChI is InChI=1S/3C22H25ClN4O4S/c3*1-15-18(20(28)27-12-21(2,11-24)13-27)9-19(25-15)32(29,30)26-22(7-8-31-14-22)10-16-3-5-17(23)6-4-16/h3*3-6,9,25-26H,7-8,10,12-14H2,1-2H3/t2*22-;/m10./s1. The van der Waals surface area contributed by atoms with Gasteiger partial charge in [-0.1, -0.05) is 71.2 Å². The van der Waals surface area contributed by atoms with Gasteiger partial charge in [-0.2, -0.15) is 15.8 Å². The Labute approximate surface area is 574 Å². The molecule has 30 heteroatoms. The van der Waals surface area contributed by atoms with Crippen molar-refractivity contribution in [2.45, 2.75) is 112 Å². The van der Waals surface area contributed by atoms with Gasteiger partial charge in [0.1, 0.15) is 15.1 Å². The van der Waals surface area contributed by atoms with E-state index in [0.717, 1.165) is 16.7 Å². The third-order valence-corrected chi connectivity index (χ3v) is 23.4. The zero-order valence-electron chi connectivity index (χ0n) is 53.8. The number of halogens is 3. The van der Waals surface area contributed by atoms with E-state index >= 15 is 0 Å². The molecule has 0 spiro atoms. The highest BCUT2D eigenvalue weighted by Gasteiger charge is 2.47. The quantitative estimate of drug-likeness (QED) is 0.0476. The summed E-state index contributed by atoms with van der Waals surface area (Å²) in [5.74, 6) is -0.853. The number of amides is 3. The lowest BCUT2D eigenvalue weighted by molar-refractivity contribution is 0.0364. The van der Waals surface area contributed by atoms with Gasteiger partial charge in [0, 0.05) is 91.2 Å². The van der Waals surface area contributed by atoms with Gasteiger partial charge in [-0.15, -0.1) is 0 Å². The summed E-state index contributed by atoms with van der Waals surface area (Å²) in [6, 6.07) is 32.6. The summed E-state index contributed by atoms with van der Waals surface area (Å²) in [5, 5.41) is 29.1. The average molecular weight is 1430 g/mol. The first-order valence-electron chi connectivity index (χ1n) is 30.9. The molecule has 3 atom stereocenters. The minimum absolute atomic E-state index is 0.0655. The number of aryl methyl sites for hydroxylation is 3. The van der Waals surface area contributed by atoms with Gasteiger partial charge in [0.05, 0.1) is 87.6 Å². The molecule has 1 unspecified atom stereocenters. The highest BCUT2D eigenvalue weighted by molar-refractivity contribution is 7.90. The lowest BCUT2D eigenvalue weighted by Gasteiger charge is -2.43. The lowest BCUT2D eigenvalue weighted by Crippen LogP contribution is -2.56. The van der Waals surface area contributed by atoms with Gasteiger partial charge < -0.3 is 43.9 Å². The summed E-state index contributed by atoms with van der Waals surface area (Å²) in [4.78, 5) is 51.6. The number of carbonyl (C=O) groups is 3. The molecule has 6 aliphatic rings. The fraction of sp³-hybridized carbons (Fsp3) is 0.455. The first-order valence-corrected chi connectivity index (χ1v) is 36.5. The van der Waals surface area contributed by atoms with Crippen LogP contribution in [0.3, 0.4) is 0 Å². The topological polar surface area (TPSA) is 346 Å². The lowest BCUT2D eigenvalue weighted by atomic mass is 9.83. The fourth-order valence-electron chi connectivity index (χ4n) is 12.8. The van der Waals surface area contributed by atoms with Crippen molar-refractivity contribution in [3.8, 4) is 18.2 Å². The minimum atomic E-state index is -3.94. The molecule has 6 saturated heterocycles. The molecule has 6 fully saturated rings. The molecule has 6 N–H and O–H groups in total. The second-order valence-corrected chi connectivity index (χ2v) is 33.3. The number of sulfonamides is 3. The van der Waals surface area contributed by atoms with Gasteiger partial charge >= 0.3 is 0 Å². The SMILES string of the molecule is Cc1[nH]c(S(=O)(=O)NC2(Cc3ccc(Cl)cc3)CCOC2)cc1C(=O)N1CC(C)(C#N)C1.Cc1[nH]c(S(=O)(=O)N[C@@]2(Cc3ccc(Cl)cc3)CCOC2)cc1C(=O)N1CC(C)(C#N)C1.Cc1[nH]c(S(=O)(=O)N[C@]2(Cc3ccc(Cl)cc3)CCOC2)cc1C(=O)N1CC(C)(C#N)C1. The van der Waals surface area contributed by atoms with E-state index in [4.69, 9.17) is 64.8 Å². The summed E-state index contributed by atoms with van der Waals surface area (Å²) >= 11 is 17.9. The molecule has 0 radical (unpaired) electrons. The van der Waals surface area contributed by atoms with E-state index in [9.17, 15) is 39.6 Å². The van der Waals surface area contributed by atoms with Crippen molar-refractivity contribution in [1.82, 2.24) is 43.8 Å². The number of nitrogens with zero attached hydrogens (tertiary/aromatic N) is 6. The number of ether oxygens (including phenoxy) is 3. The van der Waals surface area contributed by atoms with Crippen LogP contribution in [-0.2, 0) is 63.5 Å². The first kappa shape index (κ1) is 71.6. The van der Waals surface area contributed by atoms with Crippen molar-refractivity contribution < 1.29 is 53.8 Å². The van der Waals surface area contributed by atoms with Gasteiger partial charge in [0.2, 0.25) is 0 Å². The number of nitrogens with one attached hydrogen (secondary N) is 6. The number of nitriles is 3. The summed E-state index contributed by atoms with van der Waals surface area (Å²) in [7, 11) is -11.8. The molecule has 0 saturated carbocycles.